The van der Waals surface area contributed by atoms with Gasteiger partial charge in [0, 0.05) is 35.1 Å². The minimum absolute atomic E-state index is 0.0465. The summed E-state index contributed by atoms with van der Waals surface area (Å²) in [5.41, 5.74) is 8.48. The summed E-state index contributed by atoms with van der Waals surface area (Å²) >= 11 is -1.61. The molecule has 6 saturated carbocycles. The average molecular weight is 1380 g/mol. The first kappa shape index (κ1) is 81.9. The monoisotopic (exact) mass is 1380 g/mol. The first-order chi connectivity index (χ1) is 42.6. The second-order valence-corrected chi connectivity index (χ2v) is 39.3. The van der Waals surface area contributed by atoms with Gasteiger partial charge in [-0.3, -0.25) is 14.4 Å². The molecular weight excluding hydrogens is 1240 g/mol. The zero-order valence-electron chi connectivity index (χ0n) is 55.6. The van der Waals surface area contributed by atoms with Crippen LogP contribution < -0.4 is 0 Å². The Labute approximate surface area is 551 Å². The van der Waals surface area contributed by atoms with Crippen molar-refractivity contribution in [3.63, 3.8) is 0 Å². The van der Waals surface area contributed by atoms with E-state index in [0.29, 0.717) is 19.3 Å². The molecule has 0 saturated heterocycles. The fourth-order valence-electron chi connectivity index (χ4n) is 15.2. The van der Waals surface area contributed by atoms with Gasteiger partial charge in [-0.05, 0) is 212 Å². The Morgan fingerprint density at radius 3 is 0.839 bits per heavy atom. The van der Waals surface area contributed by atoms with E-state index in [1.54, 1.807) is 193 Å². The Balaban J connectivity index is 0.000000377. The number of carboxylic acid groups (broad SMARTS) is 3. The second-order valence-electron chi connectivity index (χ2n) is 26.6. The molecule has 6 aliphatic carbocycles. The summed E-state index contributed by atoms with van der Waals surface area (Å²) in [4.78, 5) is 30.9. The molecule has 0 unspecified atom stereocenters. The molecule has 0 radical (unpaired) electrons. The Morgan fingerprint density at radius 1 is 0.379 bits per heavy atom. The van der Waals surface area contributed by atoms with E-state index in [2.05, 4.69) is 31.9 Å². The van der Waals surface area contributed by atoms with Crippen molar-refractivity contribution in [3.8, 4) is 0 Å². The number of rotatable bonds is 34. The summed E-state index contributed by atoms with van der Waals surface area (Å²) in [6, 6.07) is 9.89. The van der Waals surface area contributed by atoms with Crippen LogP contribution in [0.2, 0.25) is 0 Å². The van der Waals surface area contributed by atoms with Crippen molar-refractivity contribution in [2.45, 2.75) is 381 Å². The van der Waals surface area contributed by atoms with Crippen molar-refractivity contribution < 1.29 is 43.2 Å². The molecule has 0 amide bonds. The van der Waals surface area contributed by atoms with Gasteiger partial charge >= 0.3 is 91.3 Å². The van der Waals surface area contributed by atoms with Gasteiger partial charge in [-0.15, -0.1) is 19.7 Å². The summed E-state index contributed by atoms with van der Waals surface area (Å²) in [7, 11) is 11.2. The summed E-state index contributed by atoms with van der Waals surface area (Å²) in [6.45, 7) is 9.66. The molecule has 87 heavy (non-hydrogen) atoms. The normalized spacial score (nSPS) is 18.5. The number of hydrogen-bond acceptors (Lipinski definition) is 3. The molecule has 0 aromatic heterocycles. The van der Waals surface area contributed by atoms with Gasteiger partial charge in [0.2, 0.25) is 0 Å². The summed E-state index contributed by atoms with van der Waals surface area (Å²) in [6.07, 6.45) is 78.7. The molecule has 0 heterocycles. The number of unbranched alkanes of at least 4 members (excludes halogenated alkanes) is 18. The van der Waals surface area contributed by atoms with Gasteiger partial charge in [-0.2, -0.15) is 0 Å². The van der Waals surface area contributed by atoms with Crippen molar-refractivity contribution in [1.82, 2.24) is 0 Å². The third kappa shape index (κ3) is 44.9. The van der Waals surface area contributed by atoms with Crippen LogP contribution in [0.4, 0.5) is 0 Å². The third-order valence-corrected chi connectivity index (χ3v) is 30.7. The molecule has 504 valence electrons. The number of aliphatic carboxylic acids is 3. The van der Waals surface area contributed by atoms with Gasteiger partial charge in [0.1, 0.15) is 0 Å². The summed E-state index contributed by atoms with van der Waals surface area (Å²) in [5.74, 6) is -2.04. The molecule has 1 aromatic rings. The number of halogens is 2. The van der Waals surface area contributed by atoms with Crippen LogP contribution in [0.5, 0.6) is 0 Å². The predicted octanol–water partition coefficient (Wildman–Crippen LogP) is 25.3. The molecule has 1 aromatic carbocycles. The number of carbonyl (C=O) groups is 3. The van der Waals surface area contributed by atoms with E-state index in [1.807, 2.05) is 41.0 Å². The van der Waals surface area contributed by atoms with E-state index in [9.17, 15) is 14.4 Å². The van der Waals surface area contributed by atoms with Crippen LogP contribution in [0.15, 0.2) is 68.3 Å². The molecule has 6 aliphatic rings. The van der Waals surface area contributed by atoms with Crippen molar-refractivity contribution in [2.24, 2.45) is 0 Å². The summed E-state index contributed by atoms with van der Waals surface area (Å²) < 4.78 is 1.92. The van der Waals surface area contributed by atoms with Crippen molar-refractivity contribution in [2.75, 3.05) is 0 Å². The first-order valence-corrected chi connectivity index (χ1v) is 45.6. The molecule has 0 aliphatic heterocycles. The maximum atomic E-state index is 10.4. The quantitative estimate of drug-likeness (QED) is 0.0274. The SMILES string of the molecule is C1CCC([PH+](C2CCCCC2)C2CCCCC2)CC1.C1CCC([PH+](C2CCCCC2)C2CCCCC2)CC1.C=C.C=CCCCCCCCCC(=O)O.O=C(O)CCCCCCCCC=CCCCCCCCCC(=O)O.[Cl][Ru]([Cl])=[CH]c1ccccc1. The second kappa shape index (κ2) is 58.6. The Hall–Kier alpha value is -1.22. The van der Waals surface area contributed by atoms with E-state index in [4.69, 9.17) is 34.7 Å². The first-order valence-electron chi connectivity index (χ1n) is 36.6. The molecule has 0 atom stereocenters. The number of benzene rings is 1. The molecule has 11 heteroatoms. The average Bonchev–Trinajstić information content (AvgIpc) is 3.54. The van der Waals surface area contributed by atoms with Gasteiger partial charge in [-0.1, -0.05) is 134 Å². The van der Waals surface area contributed by atoms with Gasteiger partial charge in [0.15, 0.2) is 0 Å². The van der Waals surface area contributed by atoms with Gasteiger partial charge in [0.25, 0.3) is 0 Å². The van der Waals surface area contributed by atoms with E-state index in [0.717, 1.165) is 76.2 Å². The topological polar surface area (TPSA) is 112 Å². The van der Waals surface area contributed by atoms with Gasteiger partial charge in [0.05, 0.1) is 34.0 Å². The molecule has 6 nitrogen and oxygen atoms in total. The fraction of sp³-hybridized carbons (Fsp3) is 0.789. The Bertz CT molecular complexity index is 1660. The molecule has 3 N–H and O–H groups in total. The van der Waals surface area contributed by atoms with Gasteiger partial charge in [-0.25, -0.2) is 0 Å². The van der Waals surface area contributed by atoms with E-state index in [-0.39, 0.29) is 15.8 Å². The van der Waals surface area contributed by atoms with Crippen molar-refractivity contribution in [1.29, 1.82) is 0 Å². The summed E-state index contributed by atoms with van der Waals surface area (Å²) in [5, 5.41) is 25.4. The zero-order valence-corrected chi connectivity index (χ0v) is 60.9. The Morgan fingerprint density at radius 2 is 0.609 bits per heavy atom. The number of allylic oxidation sites excluding steroid dienone is 3. The molecular formula is C76H134Cl2O6P2Ru+2. The standard InChI is InChI=1S/C20H36O4.2C18H33P.C11H20O2.C7H6.C2H4.2ClH.Ru/c21-19(22)17-15-13-11-9-7-5-3-1-2-4-6-8-10-12-14-16-18-20(23)24;2*1-4-10-16(11-5-1)19(17-12-6-2-7-13-17)18-14-8-3-9-15-18;1-2-3-4-5-6-7-8-9-10-11(12)13;1-7-5-3-2-4-6-7;1-2;;;/h1-2H,3-18H2,(H,21,22)(H,23,24);2*16-18H,1-15H2;2H,1,3-10H2,(H,12,13);1-6H;1-2H2;2*1H;/q;;;;;;;;+2. The molecule has 6 fully saturated rings. The van der Waals surface area contributed by atoms with Crippen LogP contribution in [0.25, 0.3) is 0 Å². The van der Waals surface area contributed by atoms with E-state index >= 15 is 0 Å². The van der Waals surface area contributed by atoms with Crippen molar-refractivity contribution >= 4 is 57.7 Å². The third-order valence-electron chi connectivity index (χ3n) is 19.7. The predicted molar refractivity (Wildman–Crippen MR) is 385 cm³/mol. The molecule has 0 spiro atoms. The van der Waals surface area contributed by atoms with E-state index in [1.165, 1.54) is 98.2 Å². The van der Waals surface area contributed by atoms with Crippen LogP contribution in [0.3, 0.4) is 0 Å². The number of carboxylic acids is 3. The zero-order chi connectivity index (χ0) is 63.1. The van der Waals surface area contributed by atoms with Crippen molar-refractivity contribution in [3.05, 3.63) is 73.9 Å². The van der Waals surface area contributed by atoms with Crippen LogP contribution in [0, 0.1) is 0 Å². The Kier molecular flexibility index (Phi) is 55.1. The number of hydrogen-bond donors (Lipinski definition) is 3. The van der Waals surface area contributed by atoms with Crippen LogP contribution in [-0.4, -0.2) is 71.8 Å². The van der Waals surface area contributed by atoms with Crippen LogP contribution >= 0.6 is 35.2 Å². The maximum absolute atomic E-state index is 10.4. The molecule has 7 rings (SSSR count). The van der Waals surface area contributed by atoms with E-state index < -0.39 is 31.4 Å². The van der Waals surface area contributed by atoms with Crippen LogP contribution in [-0.2, 0) is 27.9 Å². The fourth-order valence-corrected chi connectivity index (χ4v) is 27.5. The van der Waals surface area contributed by atoms with Gasteiger partial charge < -0.3 is 15.3 Å². The molecule has 0 bridgehead atoms. The minimum atomic E-state index is -1.61. The van der Waals surface area contributed by atoms with Crippen LogP contribution in [0.1, 0.15) is 352 Å².